The Balaban J connectivity index is 1.56. The average molecular weight is 339 g/mol. The lowest BCUT2D eigenvalue weighted by molar-refractivity contribution is -0.129. The number of esters is 1. The SMILES string of the molecule is CC(OC(=O)c1cnn(-c2ccccc2)c1)C(=O)NCc1ccco1. The van der Waals surface area contributed by atoms with Crippen LogP contribution >= 0.6 is 0 Å². The monoisotopic (exact) mass is 339 g/mol. The fourth-order valence-corrected chi connectivity index (χ4v) is 2.16. The van der Waals surface area contributed by atoms with Crippen molar-refractivity contribution in [2.45, 2.75) is 19.6 Å². The van der Waals surface area contributed by atoms with Crippen LogP contribution in [0.25, 0.3) is 5.69 Å². The summed E-state index contributed by atoms with van der Waals surface area (Å²) in [5, 5.41) is 6.77. The van der Waals surface area contributed by atoms with E-state index in [2.05, 4.69) is 10.4 Å². The number of aromatic nitrogens is 2. The highest BCUT2D eigenvalue weighted by Gasteiger charge is 2.20. The molecule has 0 spiro atoms. The number of nitrogens with one attached hydrogen (secondary N) is 1. The molecule has 1 amide bonds. The average Bonchev–Trinajstić information content (AvgIpc) is 3.32. The second kappa shape index (κ2) is 7.48. The van der Waals surface area contributed by atoms with E-state index in [1.807, 2.05) is 30.3 Å². The molecule has 0 aliphatic rings. The summed E-state index contributed by atoms with van der Waals surface area (Å²) in [4.78, 5) is 24.1. The highest BCUT2D eigenvalue weighted by molar-refractivity contribution is 5.91. The molecule has 1 atom stereocenters. The number of hydrogen-bond donors (Lipinski definition) is 1. The van der Waals surface area contributed by atoms with Gasteiger partial charge in [-0.3, -0.25) is 4.79 Å². The van der Waals surface area contributed by atoms with Crippen molar-refractivity contribution in [1.82, 2.24) is 15.1 Å². The van der Waals surface area contributed by atoms with Crippen LogP contribution in [0.15, 0.2) is 65.5 Å². The normalized spacial score (nSPS) is 11.7. The van der Waals surface area contributed by atoms with E-state index >= 15 is 0 Å². The van der Waals surface area contributed by atoms with Gasteiger partial charge in [-0.2, -0.15) is 5.10 Å². The summed E-state index contributed by atoms with van der Waals surface area (Å²) in [7, 11) is 0. The van der Waals surface area contributed by atoms with Crippen LogP contribution in [0.3, 0.4) is 0 Å². The molecule has 0 radical (unpaired) electrons. The van der Waals surface area contributed by atoms with Gasteiger partial charge in [-0.15, -0.1) is 0 Å². The Bertz CT molecular complexity index is 840. The van der Waals surface area contributed by atoms with Crippen LogP contribution in [-0.4, -0.2) is 27.8 Å². The van der Waals surface area contributed by atoms with Gasteiger partial charge in [-0.1, -0.05) is 18.2 Å². The van der Waals surface area contributed by atoms with E-state index in [9.17, 15) is 9.59 Å². The summed E-state index contributed by atoms with van der Waals surface area (Å²) in [5.74, 6) is -0.390. The number of amides is 1. The number of carbonyl (C=O) groups excluding carboxylic acids is 2. The lowest BCUT2D eigenvalue weighted by Crippen LogP contribution is -2.35. The lowest BCUT2D eigenvalue weighted by Gasteiger charge is -2.12. The Morgan fingerprint density at radius 3 is 2.76 bits per heavy atom. The van der Waals surface area contributed by atoms with Crippen LogP contribution in [0, 0.1) is 0 Å². The molecule has 3 rings (SSSR count). The van der Waals surface area contributed by atoms with Crippen LogP contribution < -0.4 is 5.32 Å². The molecule has 3 aromatic rings. The topological polar surface area (TPSA) is 86.4 Å². The van der Waals surface area contributed by atoms with Gasteiger partial charge in [0.05, 0.1) is 30.3 Å². The third-order valence-electron chi connectivity index (χ3n) is 3.51. The third kappa shape index (κ3) is 4.14. The lowest BCUT2D eigenvalue weighted by atomic mass is 10.3. The van der Waals surface area contributed by atoms with Gasteiger partial charge in [0, 0.05) is 6.20 Å². The van der Waals surface area contributed by atoms with Gasteiger partial charge in [0.2, 0.25) is 0 Å². The zero-order valence-electron chi connectivity index (χ0n) is 13.6. The highest BCUT2D eigenvalue weighted by Crippen LogP contribution is 2.09. The molecule has 7 heteroatoms. The van der Waals surface area contributed by atoms with E-state index in [1.165, 1.54) is 19.4 Å². The first-order valence-corrected chi connectivity index (χ1v) is 7.74. The van der Waals surface area contributed by atoms with Crippen LogP contribution in [0.5, 0.6) is 0 Å². The van der Waals surface area contributed by atoms with Gasteiger partial charge in [0.1, 0.15) is 5.76 Å². The molecular formula is C18H17N3O4. The largest absolute Gasteiger partial charge is 0.467 e. The van der Waals surface area contributed by atoms with Gasteiger partial charge in [-0.25, -0.2) is 9.48 Å². The Labute approximate surface area is 144 Å². The Morgan fingerprint density at radius 1 is 1.24 bits per heavy atom. The van der Waals surface area contributed by atoms with Crippen LogP contribution in [0.1, 0.15) is 23.0 Å². The van der Waals surface area contributed by atoms with E-state index in [-0.39, 0.29) is 12.1 Å². The molecule has 0 saturated heterocycles. The third-order valence-corrected chi connectivity index (χ3v) is 3.51. The predicted molar refractivity (Wildman–Crippen MR) is 89.0 cm³/mol. The molecule has 2 heterocycles. The van der Waals surface area contributed by atoms with Crippen LogP contribution in [0.4, 0.5) is 0 Å². The zero-order chi connectivity index (χ0) is 17.6. The summed E-state index contributed by atoms with van der Waals surface area (Å²) in [6.45, 7) is 1.75. The van der Waals surface area contributed by atoms with Gasteiger partial charge < -0.3 is 14.5 Å². The van der Waals surface area contributed by atoms with E-state index in [0.29, 0.717) is 5.76 Å². The van der Waals surface area contributed by atoms with E-state index in [4.69, 9.17) is 9.15 Å². The Morgan fingerprint density at radius 2 is 2.04 bits per heavy atom. The molecule has 0 fully saturated rings. The minimum atomic E-state index is -0.928. The number of furan rings is 1. The number of benzene rings is 1. The summed E-state index contributed by atoms with van der Waals surface area (Å²) < 4.78 is 11.9. The molecule has 7 nitrogen and oxygen atoms in total. The van der Waals surface area contributed by atoms with Crippen molar-refractivity contribution in [2.24, 2.45) is 0 Å². The molecule has 1 unspecified atom stereocenters. The number of carbonyl (C=O) groups is 2. The summed E-state index contributed by atoms with van der Waals surface area (Å²) in [6.07, 6.45) is 3.56. The summed E-state index contributed by atoms with van der Waals surface area (Å²) in [5.41, 5.74) is 1.10. The quantitative estimate of drug-likeness (QED) is 0.697. The highest BCUT2D eigenvalue weighted by atomic mass is 16.5. The number of hydrogen-bond acceptors (Lipinski definition) is 5. The van der Waals surface area contributed by atoms with Gasteiger partial charge in [-0.05, 0) is 31.2 Å². The number of para-hydroxylation sites is 1. The van der Waals surface area contributed by atoms with Crippen molar-refractivity contribution in [3.63, 3.8) is 0 Å². The molecule has 25 heavy (non-hydrogen) atoms. The molecule has 1 N–H and O–H groups in total. The van der Waals surface area contributed by atoms with Gasteiger partial charge in [0.15, 0.2) is 6.10 Å². The molecule has 0 bridgehead atoms. The Hall–Kier alpha value is -3.35. The zero-order valence-corrected chi connectivity index (χ0v) is 13.6. The fraction of sp³-hybridized carbons (Fsp3) is 0.167. The molecule has 0 aliphatic heterocycles. The first-order chi connectivity index (χ1) is 12.1. The first kappa shape index (κ1) is 16.5. The van der Waals surface area contributed by atoms with Crippen LogP contribution in [-0.2, 0) is 16.1 Å². The second-order valence-electron chi connectivity index (χ2n) is 5.35. The Kier molecular flexibility index (Phi) is 4.94. The van der Waals surface area contributed by atoms with Crippen molar-refractivity contribution in [2.75, 3.05) is 0 Å². The molecular weight excluding hydrogens is 322 g/mol. The van der Waals surface area contributed by atoms with Crippen molar-refractivity contribution >= 4 is 11.9 Å². The smallest absolute Gasteiger partial charge is 0.342 e. The maximum Gasteiger partial charge on any atom is 0.342 e. The number of nitrogens with zero attached hydrogens (tertiary/aromatic N) is 2. The minimum absolute atomic E-state index is 0.236. The van der Waals surface area contributed by atoms with Crippen molar-refractivity contribution in [3.8, 4) is 5.69 Å². The fourth-order valence-electron chi connectivity index (χ4n) is 2.16. The first-order valence-electron chi connectivity index (χ1n) is 7.74. The van der Waals surface area contributed by atoms with Crippen molar-refractivity contribution in [3.05, 3.63) is 72.4 Å². The van der Waals surface area contributed by atoms with Crippen molar-refractivity contribution in [1.29, 1.82) is 0 Å². The van der Waals surface area contributed by atoms with E-state index < -0.39 is 18.0 Å². The predicted octanol–water partition coefficient (Wildman–Crippen LogP) is 2.33. The molecule has 1 aromatic carbocycles. The maximum atomic E-state index is 12.2. The number of rotatable bonds is 6. The standard InChI is InChI=1S/C18H17N3O4/c1-13(17(22)19-11-16-8-5-9-24-16)25-18(23)14-10-20-21(12-14)15-6-3-2-4-7-15/h2-10,12-13H,11H2,1H3,(H,19,22). The van der Waals surface area contributed by atoms with E-state index in [1.54, 1.807) is 23.0 Å². The van der Waals surface area contributed by atoms with Gasteiger partial charge >= 0.3 is 5.97 Å². The van der Waals surface area contributed by atoms with Crippen LogP contribution in [0.2, 0.25) is 0 Å². The second-order valence-corrected chi connectivity index (χ2v) is 5.35. The van der Waals surface area contributed by atoms with Crippen molar-refractivity contribution < 1.29 is 18.7 Å². The molecule has 0 saturated carbocycles. The summed E-state index contributed by atoms with van der Waals surface area (Å²) >= 11 is 0. The number of ether oxygens (including phenoxy) is 1. The summed E-state index contributed by atoms with van der Waals surface area (Å²) in [6, 6.07) is 12.9. The van der Waals surface area contributed by atoms with E-state index in [0.717, 1.165) is 5.69 Å². The molecule has 0 aliphatic carbocycles. The molecule has 2 aromatic heterocycles. The van der Waals surface area contributed by atoms with Gasteiger partial charge in [0.25, 0.3) is 5.91 Å². The molecule has 128 valence electrons. The minimum Gasteiger partial charge on any atom is -0.467 e. The maximum absolute atomic E-state index is 12.2.